The number of carbonyl (C=O) groups is 2. The van der Waals surface area contributed by atoms with E-state index in [-0.39, 0.29) is 18.4 Å². The summed E-state index contributed by atoms with van der Waals surface area (Å²) in [6.45, 7) is 3.13. The molecule has 2 rings (SSSR count). The molecule has 23 heavy (non-hydrogen) atoms. The van der Waals surface area contributed by atoms with E-state index in [1.165, 1.54) is 0 Å². The van der Waals surface area contributed by atoms with Gasteiger partial charge in [-0.25, -0.2) is 0 Å². The van der Waals surface area contributed by atoms with Gasteiger partial charge in [0.05, 0.1) is 19.1 Å². The molecule has 1 aliphatic heterocycles. The Hall–Kier alpha value is -1.69. The van der Waals surface area contributed by atoms with Gasteiger partial charge in [0.25, 0.3) is 0 Å². The molecule has 1 fully saturated rings. The third-order valence-electron chi connectivity index (χ3n) is 3.75. The molecule has 1 aromatic carbocycles. The van der Waals surface area contributed by atoms with E-state index in [0.29, 0.717) is 31.7 Å². The van der Waals surface area contributed by atoms with Gasteiger partial charge in [-0.15, -0.1) is 0 Å². The van der Waals surface area contributed by atoms with Crippen LogP contribution < -0.4 is 4.74 Å². The Balaban J connectivity index is 1.75. The molecule has 0 radical (unpaired) electrons. The van der Waals surface area contributed by atoms with E-state index in [2.05, 4.69) is 0 Å². The number of hydrogen-bond acceptors (Lipinski definition) is 4. The minimum absolute atomic E-state index is 0.0263. The van der Waals surface area contributed by atoms with Crippen LogP contribution in [0.25, 0.3) is 0 Å². The van der Waals surface area contributed by atoms with Crippen LogP contribution in [0.3, 0.4) is 0 Å². The fraction of sp³-hybridized carbons (Fsp3) is 0.529. The highest BCUT2D eigenvalue weighted by Gasteiger charge is 2.28. The predicted molar refractivity (Wildman–Crippen MR) is 91.0 cm³/mol. The number of nitrogens with zero attached hydrogens (tertiary/aromatic N) is 1. The number of ether oxygens (including phenoxy) is 1. The first kappa shape index (κ1) is 17.7. The Bertz CT molecular complexity index is 549. The molecule has 0 spiro atoms. The molecular formula is C17H23NO4S. The highest BCUT2D eigenvalue weighted by atomic mass is 32.2. The number of aryl methyl sites for hydroxylation is 1. The SMILES string of the molecule is Cc1cccc(OCCCC(=O)N2CCSCC2CC(=O)O)c1. The predicted octanol–water partition coefficient (Wildman–Crippen LogP) is 2.57. The van der Waals surface area contributed by atoms with Crippen LogP contribution in [0.5, 0.6) is 5.75 Å². The molecule has 0 saturated carbocycles. The van der Waals surface area contributed by atoms with Crippen molar-refractivity contribution >= 4 is 23.6 Å². The molecule has 126 valence electrons. The minimum atomic E-state index is -0.849. The van der Waals surface area contributed by atoms with Gasteiger partial charge < -0.3 is 14.7 Å². The third-order valence-corrected chi connectivity index (χ3v) is 4.84. The third kappa shape index (κ3) is 5.78. The first-order chi connectivity index (χ1) is 11.1. The van der Waals surface area contributed by atoms with Gasteiger partial charge in [0, 0.05) is 24.5 Å². The van der Waals surface area contributed by atoms with Crippen molar-refractivity contribution in [3.05, 3.63) is 29.8 Å². The molecule has 1 aliphatic rings. The van der Waals surface area contributed by atoms with E-state index >= 15 is 0 Å². The lowest BCUT2D eigenvalue weighted by molar-refractivity contribution is -0.140. The second-order valence-corrected chi connectivity index (χ2v) is 6.83. The number of thioether (sulfide) groups is 1. The van der Waals surface area contributed by atoms with Gasteiger partial charge in [-0.3, -0.25) is 9.59 Å². The molecule has 0 aliphatic carbocycles. The maximum absolute atomic E-state index is 12.3. The number of hydrogen-bond donors (Lipinski definition) is 1. The summed E-state index contributed by atoms with van der Waals surface area (Å²) in [5.41, 5.74) is 1.14. The van der Waals surface area contributed by atoms with Gasteiger partial charge >= 0.3 is 5.97 Å². The second-order valence-electron chi connectivity index (χ2n) is 5.68. The Morgan fingerprint density at radius 3 is 3.00 bits per heavy atom. The number of benzene rings is 1. The van der Waals surface area contributed by atoms with Crippen LogP contribution in [-0.4, -0.2) is 52.6 Å². The lowest BCUT2D eigenvalue weighted by Crippen LogP contribution is -2.47. The van der Waals surface area contributed by atoms with Crippen molar-refractivity contribution in [1.82, 2.24) is 4.90 Å². The van der Waals surface area contributed by atoms with Crippen LogP contribution in [0, 0.1) is 6.92 Å². The van der Waals surface area contributed by atoms with E-state index < -0.39 is 5.97 Å². The lowest BCUT2D eigenvalue weighted by atomic mass is 10.1. The summed E-state index contributed by atoms with van der Waals surface area (Å²) in [5.74, 6) is 1.58. The monoisotopic (exact) mass is 337 g/mol. The average Bonchev–Trinajstić information content (AvgIpc) is 2.51. The van der Waals surface area contributed by atoms with E-state index in [0.717, 1.165) is 17.1 Å². The molecule has 1 amide bonds. The van der Waals surface area contributed by atoms with Gasteiger partial charge in [0.15, 0.2) is 0 Å². The highest BCUT2D eigenvalue weighted by molar-refractivity contribution is 7.99. The van der Waals surface area contributed by atoms with Gasteiger partial charge in [-0.2, -0.15) is 11.8 Å². The fourth-order valence-corrected chi connectivity index (χ4v) is 3.68. The van der Waals surface area contributed by atoms with Crippen LogP contribution in [0.4, 0.5) is 0 Å². The summed E-state index contributed by atoms with van der Waals surface area (Å²) >= 11 is 1.71. The summed E-state index contributed by atoms with van der Waals surface area (Å²) in [4.78, 5) is 25.0. The van der Waals surface area contributed by atoms with Crippen LogP contribution >= 0.6 is 11.8 Å². The molecule has 5 nitrogen and oxygen atoms in total. The number of amides is 1. The molecule has 1 unspecified atom stereocenters. The topological polar surface area (TPSA) is 66.8 Å². The number of carbonyl (C=O) groups excluding carboxylic acids is 1. The van der Waals surface area contributed by atoms with E-state index in [1.807, 2.05) is 31.2 Å². The molecule has 1 heterocycles. The summed E-state index contributed by atoms with van der Waals surface area (Å²) < 4.78 is 5.65. The van der Waals surface area contributed by atoms with Crippen molar-refractivity contribution in [3.63, 3.8) is 0 Å². The molecule has 0 aromatic heterocycles. The maximum atomic E-state index is 12.3. The van der Waals surface area contributed by atoms with E-state index in [4.69, 9.17) is 9.84 Å². The Morgan fingerprint density at radius 2 is 2.26 bits per heavy atom. The zero-order valence-corrected chi connectivity index (χ0v) is 14.2. The molecule has 1 aromatic rings. The van der Waals surface area contributed by atoms with Crippen molar-refractivity contribution in [1.29, 1.82) is 0 Å². The van der Waals surface area contributed by atoms with Crippen LogP contribution in [-0.2, 0) is 9.59 Å². The molecular weight excluding hydrogens is 314 g/mol. The first-order valence-electron chi connectivity index (χ1n) is 7.85. The molecule has 1 saturated heterocycles. The van der Waals surface area contributed by atoms with Crippen LogP contribution in [0.2, 0.25) is 0 Å². The molecule has 1 atom stereocenters. The molecule has 1 N–H and O–H groups in total. The fourth-order valence-electron chi connectivity index (χ4n) is 2.62. The summed E-state index contributed by atoms with van der Waals surface area (Å²) in [6, 6.07) is 7.63. The zero-order valence-electron chi connectivity index (χ0n) is 13.4. The Morgan fingerprint density at radius 1 is 1.43 bits per heavy atom. The Kier molecular flexibility index (Phi) is 6.77. The van der Waals surface area contributed by atoms with E-state index in [1.54, 1.807) is 16.7 Å². The summed E-state index contributed by atoms with van der Waals surface area (Å²) in [6.07, 6.45) is 1.06. The van der Waals surface area contributed by atoms with Crippen molar-refractivity contribution in [2.75, 3.05) is 24.7 Å². The minimum Gasteiger partial charge on any atom is -0.494 e. The average molecular weight is 337 g/mol. The largest absolute Gasteiger partial charge is 0.494 e. The number of rotatable bonds is 7. The molecule has 0 bridgehead atoms. The van der Waals surface area contributed by atoms with Gasteiger partial charge in [0.1, 0.15) is 5.75 Å². The van der Waals surface area contributed by atoms with Crippen molar-refractivity contribution < 1.29 is 19.4 Å². The van der Waals surface area contributed by atoms with Crippen molar-refractivity contribution in [2.45, 2.75) is 32.2 Å². The van der Waals surface area contributed by atoms with Crippen LogP contribution in [0.15, 0.2) is 24.3 Å². The smallest absolute Gasteiger partial charge is 0.305 e. The van der Waals surface area contributed by atoms with Crippen molar-refractivity contribution in [3.8, 4) is 5.75 Å². The van der Waals surface area contributed by atoms with Crippen LogP contribution in [0.1, 0.15) is 24.8 Å². The lowest BCUT2D eigenvalue weighted by Gasteiger charge is -2.34. The summed E-state index contributed by atoms with van der Waals surface area (Å²) in [7, 11) is 0. The van der Waals surface area contributed by atoms with Gasteiger partial charge in [-0.05, 0) is 31.0 Å². The molecule has 6 heteroatoms. The maximum Gasteiger partial charge on any atom is 0.305 e. The van der Waals surface area contributed by atoms with Crippen molar-refractivity contribution in [2.24, 2.45) is 0 Å². The quantitative estimate of drug-likeness (QED) is 0.775. The second kappa shape index (κ2) is 8.82. The number of aliphatic carboxylic acids is 1. The zero-order chi connectivity index (χ0) is 16.7. The number of carboxylic acids is 1. The normalized spacial score (nSPS) is 17.8. The Labute approximate surface area is 141 Å². The van der Waals surface area contributed by atoms with Gasteiger partial charge in [0.2, 0.25) is 5.91 Å². The first-order valence-corrected chi connectivity index (χ1v) is 9.00. The standard InChI is InChI=1S/C17H23NO4S/c1-13-4-2-5-15(10-13)22-8-3-6-16(19)18-7-9-23-12-14(18)11-17(20)21/h2,4-5,10,14H,3,6-9,11-12H2,1H3,(H,20,21). The highest BCUT2D eigenvalue weighted by Crippen LogP contribution is 2.20. The van der Waals surface area contributed by atoms with Gasteiger partial charge in [-0.1, -0.05) is 12.1 Å². The van der Waals surface area contributed by atoms with E-state index in [9.17, 15) is 9.59 Å². The number of carboxylic acid groups (broad SMARTS) is 1. The summed E-state index contributed by atoms with van der Waals surface area (Å²) in [5, 5.41) is 8.96.